The summed E-state index contributed by atoms with van der Waals surface area (Å²) in [6.45, 7) is 0. The fourth-order valence-corrected chi connectivity index (χ4v) is 4.26. The van der Waals surface area contributed by atoms with E-state index in [2.05, 4.69) is 20.5 Å². The first-order valence-electron chi connectivity index (χ1n) is 9.91. The number of aromatic nitrogens is 4. The third-order valence-electron chi connectivity index (χ3n) is 5.77. The molecule has 0 aliphatic heterocycles. The molecule has 0 atom stereocenters. The van der Waals surface area contributed by atoms with Crippen molar-refractivity contribution in [3.8, 4) is 0 Å². The fraction of sp³-hybridized carbons (Fsp3) is 0.273. The molecule has 1 amide bonds. The maximum absolute atomic E-state index is 12.6. The standard InChI is InChI=1S/C22H21N5O2/c28-21-17-6-2-1-5-16(17)20(25-26-21)14-8-10-15(11-9-14)23-22(29)18-13-27-12-4-3-7-19(27)24-18/h1-7,12-15H,8-11H2,(H,23,29)(H,26,28). The molecule has 146 valence electrons. The number of nitrogens with one attached hydrogen (secondary N) is 2. The number of nitrogens with zero attached hydrogens (tertiary/aromatic N) is 3. The first kappa shape index (κ1) is 17.6. The van der Waals surface area contributed by atoms with E-state index in [-0.39, 0.29) is 23.4 Å². The van der Waals surface area contributed by atoms with Crippen molar-refractivity contribution < 1.29 is 4.79 Å². The van der Waals surface area contributed by atoms with E-state index >= 15 is 0 Å². The van der Waals surface area contributed by atoms with Crippen molar-refractivity contribution in [2.45, 2.75) is 37.6 Å². The molecule has 7 nitrogen and oxygen atoms in total. The van der Waals surface area contributed by atoms with E-state index in [1.165, 1.54) is 0 Å². The summed E-state index contributed by atoms with van der Waals surface area (Å²) in [6.07, 6.45) is 7.22. The van der Waals surface area contributed by atoms with Gasteiger partial charge in [-0.15, -0.1) is 0 Å². The highest BCUT2D eigenvalue weighted by Gasteiger charge is 2.26. The molecule has 1 saturated carbocycles. The largest absolute Gasteiger partial charge is 0.348 e. The van der Waals surface area contributed by atoms with Crippen molar-refractivity contribution in [3.05, 3.63) is 76.6 Å². The Kier molecular flexibility index (Phi) is 4.35. The highest BCUT2D eigenvalue weighted by molar-refractivity contribution is 5.93. The van der Waals surface area contributed by atoms with Gasteiger partial charge in [0.2, 0.25) is 0 Å². The highest BCUT2D eigenvalue weighted by Crippen LogP contribution is 2.34. The SMILES string of the molecule is O=C(NC1CCC(c2n[nH]c(=O)c3ccccc23)CC1)c1cn2ccccc2n1. The summed E-state index contributed by atoms with van der Waals surface area (Å²) < 4.78 is 1.85. The van der Waals surface area contributed by atoms with Crippen LogP contribution in [0.4, 0.5) is 0 Å². The molecule has 29 heavy (non-hydrogen) atoms. The number of H-pyrrole nitrogens is 1. The van der Waals surface area contributed by atoms with Crippen LogP contribution in [-0.4, -0.2) is 31.5 Å². The fourth-order valence-electron chi connectivity index (χ4n) is 4.26. The van der Waals surface area contributed by atoms with Crippen molar-refractivity contribution in [2.24, 2.45) is 0 Å². The van der Waals surface area contributed by atoms with Crippen LogP contribution in [0.2, 0.25) is 0 Å². The van der Waals surface area contributed by atoms with Gasteiger partial charge in [0.25, 0.3) is 11.5 Å². The molecule has 0 radical (unpaired) electrons. The van der Waals surface area contributed by atoms with Crippen LogP contribution >= 0.6 is 0 Å². The zero-order valence-electron chi connectivity index (χ0n) is 15.8. The maximum atomic E-state index is 12.6. The number of pyridine rings is 1. The Bertz CT molecular complexity index is 1220. The zero-order valence-corrected chi connectivity index (χ0v) is 15.8. The first-order valence-corrected chi connectivity index (χ1v) is 9.91. The second kappa shape index (κ2) is 7.16. The molecule has 0 spiro atoms. The average Bonchev–Trinajstić information content (AvgIpc) is 3.20. The number of carbonyl (C=O) groups is 1. The van der Waals surface area contributed by atoms with Gasteiger partial charge in [-0.3, -0.25) is 9.59 Å². The van der Waals surface area contributed by atoms with Crippen LogP contribution in [0.25, 0.3) is 16.4 Å². The summed E-state index contributed by atoms with van der Waals surface area (Å²) in [6, 6.07) is 13.4. The van der Waals surface area contributed by atoms with E-state index < -0.39 is 0 Å². The van der Waals surface area contributed by atoms with Gasteiger partial charge in [0.05, 0.1) is 11.1 Å². The predicted molar refractivity (Wildman–Crippen MR) is 110 cm³/mol. The number of imidazole rings is 1. The van der Waals surface area contributed by atoms with E-state index in [1.807, 2.05) is 53.1 Å². The average molecular weight is 387 g/mol. The first-order chi connectivity index (χ1) is 14.2. The molecule has 0 unspecified atom stereocenters. The minimum absolute atomic E-state index is 0.123. The lowest BCUT2D eigenvalue weighted by Gasteiger charge is -2.29. The normalized spacial score (nSPS) is 19.4. The Morgan fingerprint density at radius 3 is 2.59 bits per heavy atom. The van der Waals surface area contributed by atoms with Gasteiger partial charge in [0.1, 0.15) is 11.3 Å². The highest BCUT2D eigenvalue weighted by atomic mass is 16.2. The number of hydrogen-bond acceptors (Lipinski definition) is 4. The number of carbonyl (C=O) groups excluding carboxylic acids is 1. The summed E-state index contributed by atoms with van der Waals surface area (Å²) >= 11 is 0. The number of rotatable bonds is 3. The lowest BCUT2D eigenvalue weighted by atomic mass is 9.82. The van der Waals surface area contributed by atoms with Gasteiger partial charge in [-0.05, 0) is 43.9 Å². The predicted octanol–water partition coefficient (Wildman–Crippen LogP) is 3.03. The zero-order chi connectivity index (χ0) is 19.8. The van der Waals surface area contributed by atoms with Gasteiger partial charge >= 0.3 is 0 Å². The van der Waals surface area contributed by atoms with Crippen LogP contribution in [0, 0.1) is 0 Å². The minimum atomic E-state index is -0.155. The minimum Gasteiger partial charge on any atom is -0.348 e. The Hall–Kier alpha value is -3.48. The van der Waals surface area contributed by atoms with E-state index in [1.54, 1.807) is 6.20 Å². The van der Waals surface area contributed by atoms with Gasteiger partial charge in [-0.2, -0.15) is 5.10 Å². The van der Waals surface area contributed by atoms with Gasteiger partial charge in [0, 0.05) is 29.7 Å². The van der Waals surface area contributed by atoms with Crippen LogP contribution in [0.15, 0.2) is 59.7 Å². The molecule has 7 heteroatoms. The van der Waals surface area contributed by atoms with E-state index in [0.29, 0.717) is 11.1 Å². The van der Waals surface area contributed by atoms with Crippen molar-refractivity contribution >= 4 is 22.3 Å². The molecule has 1 aliphatic carbocycles. The van der Waals surface area contributed by atoms with Crippen molar-refractivity contribution in [1.29, 1.82) is 0 Å². The summed E-state index contributed by atoms with van der Waals surface area (Å²) in [5.74, 6) is 0.143. The molecule has 0 saturated heterocycles. The van der Waals surface area contributed by atoms with Gasteiger partial charge in [0.15, 0.2) is 0 Å². The molecule has 0 bridgehead atoms. The molecule has 3 aromatic heterocycles. The molecule has 1 aromatic carbocycles. The lowest BCUT2D eigenvalue weighted by molar-refractivity contribution is 0.0921. The molecule has 1 aliphatic rings. The van der Waals surface area contributed by atoms with Gasteiger partial charge < -0.3 is 9.72 Å². The summed E-state index contributed by atoms with van der Waals surface area (Å²) in [4.78, 5) is 29.0. The smallest absolute Gasteiger partial charge is 0.272 e. The van der Waals surface area contributed by atoms with Gasteiger partial charge in [-0.25, -0.2) is 10.1 Å². The van der Waals surface area contributed by atoms with E-state index in [9.17, 15) is 9.59 Å². The number of hydrogen-bond donors (Lipinski definition) is 2. The van der Waals surface area contributed by atoms with Crippen LogP contribution in [0.1, 0.15) is 47.8 Å². The molecule has 4 aromatic rings. The monoisotopic (exact) mass is 387 g/mol. The van der Waals surface area contributed by atoms with E-state index in [0.717, 1.165) is 42.4 Å². The second-order valence-corrected chi connectivity index (χ2v) is 7.60. The third kappa shape index (κ3) is 3.29. The summed E-state index contributed by atoms with van der Waals surface area (Å²) in [7, 11) is 0. The molecule has 2 N–H and O–H groups in total. The molecule has 5 rings (SSSR count). The quantitative estimate of drug-likeness (QED) is 0.565. The number of benzene rings is 1. The maximum Gasteiger partial charge on any atom is 0.272 e. The summed E-state index contributed by atoms with van der Waals surface area (Å²) in [5.41, 5.74) is 1.99. The van der Waals surface area contributed by atoms with Crippen LogP contribution < -0.4 is 10.9 Å². The van der Waals surface area contributed by atoms with Gasteiger partial charge in [-0.1, -0.05) is 24.3 Å². The number of fused-ring (bicyclic) bond motifs is 2. The van der Waals surface area contributed by atoms with Crippen molar-refractivity contribution in [2.75, 3.05) is 0 Å². The van der Waals surface area contributed by atoms with Crippen molar-refractivity contribution in [1.82, 2.24) is 24.9 Å². The van der Waals surface area contributed by atoms with Crippen LogP contribution in [-0.2, 0) is 0 Å². The van der Waals surface area contributed by atoms with E-state index in [4.69, 9.17) is 0 Å². The summed E-state index contributed by atoms with van der Waals surface area (Å²) in [5, 5.41) is 11.7. The third-order valence-corrected chi connectivity index (χ3v) is 5.77. The van der Waals surface area contributed by atoms with Crippen LogP contribution in [0.5, 0.6) is 0 Å². The van der Waals surface area contributed by atoms with Crippen molar-refractivity contribution in [3.63, 3.8) is 0 Å². The Morgan fingerprint density at radius 2 is 1.79 bits per heavy atom. The molecule has 3 heterocycles. The Labute approximate surface area is 166 Å². The lowest BCUT2D eigenvalue weighted by Crippen LogP contribution is -2.37. The second-order valence-electron chi connectivity index (χ2n) is 7.60. The van der Waals surface area contributed by atoms with Crippen LogP contribution in [0.3, 0.4) is 0 Å². The Balaban J connectivity index is 1.28. The number of aromatic amines is 1. The Morgan fingerprint density at radius 1 is 1.03 bits per heavy atom. The topological polar surface area (TPSA) is 92.1 Å². The number of amides is 1. The molecular formula is C22H21N5O2. The molecule has 1 fully saturated rings. The molecular weight excluding hydrogens is 366 g/mol.